The highest BCUT2D eigenvalue weighted by molar-refractivity contribution is 5.78. The molecular formula is C19H25N3O3. The zero-order valence-corrected chi connectivity index (χ0v) is 15.3. The third-order valence-corrected chi connectivity index (χ3v) is 4.48. The Hall–Kier alpha value is -2.21. The molecule has 0 spiro atoms. The van der Waals surface area contributed by atoms with Gasteiger partial charge in [-0.25, -0.2) is 4.98 Å². The number of aromatic nitrogens is 2. The lowest BCUT2D eigenvalue weighted by molar-refractivity contribution is -0.142. The van der Waals surface area contributed by atoms with Gasteiger partial charge in [0.25, 0.3) is 0 Å². The molecule has 1 fully saturated rings. The Kier molecular flexibility index (Phi) is 5.18. The molecule has 6 heteroatoms. The number of carbonyl (C=O) groups excluding carboxylic acids is 1. The van der Waals surface area contributed by atoms with Crippen LogP contribution in [-0.2, 0) is 16.0 Å². The highest BCUT2D eigenvalue weighted by Crippen LogP contribution is 2.29. The molecule has 0 bridgehead atoms. The molecule has 3 rings (SSSR count). The molecule has 1 aliphatic rings. The lowest BCUT2D eigenvalue weighted by Gasteiger charge is -2.33. The SMILES string of the molecule is CCc1onc(C)c1-c1cccc(C2CN(C(=O)C(C)C)CCO2)n1. The van der Waals surface area contributed by atoms with E-state index in [0.717, 1.165) is 34.8 Å². The Bertz CT molecular complexity index is 754. The Morgan fingerprint density at radius 1 is 1.40 bits per heavy atom. The summed E-state index contributed by atoms with van der Waals surface area (Å²) in [5.74, 6) is 0.987. The van der Waals surface area contributed by atoms with E-state index in [1.807, 2.05) is 50.8 Å². The number of ether oxygens (including phenoxy) is 1. The molecule has 1 atom stereocenters. The smallest absolute Gasteiger partial charge is 0.225 e. The minimum absolute atomic E-state index is 0.00943. The maximum Gasteiger partial charge on any atom is 0.225 e. The third-order valence-electron chi connectivity index (χ3n) is 4.48. The predicted molar refractivity (Wildman–Crippen MR) is 94.0 cm³/mol. The summed E-state index contributed by atoms with van der Waals surface area (Å²) >= 11 is 0. The summed E-state index contributed by atoms with van der Waals surface area (Å²) in [6.45, 7) is 9.51. The lowest BCUT2D eigenvalue weighted by atomic mass is 10.1. The van der Waals surface area contributed by atoms with Gasteiger partial charge in [-0.15, -0.1) is 0 Å². The predicted octanol–water partition coefficient (Wildman–Crippen LogP) is 3.16. The lowest BCUT2D eigenvalue weighted by Crippen LogP contribution is -2.44. The summed E-state index contributed by atoms with van der Waals surface area (Å²) in [7, 11) is 0. The van der Waals surface area contributed by atoms with Crippen molar-refractivity contribution in [2.75, 3.05) is 19.7 Å². The van der Waals surface area contributed by atoms with Crippen LogP contribution in [0.25, 0.3) is 11.3 Å². The molecule has 1 saturated heterocycles. The summed E-state index contributed by atoms with van der Waals surface area (Å²) < 4.78 is 11.3. The molecule has 0 saturated carbocycles. The van der Waals surface area contributed by atoms with Crippen molar-refractivity contribution in [3.63, 3.8) is 0 Å². The van der Waals surface area contributed by atoms with Crippen LogP contribution in [0.2, 0.25) is 0 Å². The Morgan fingerprint density at radius 2 is 2.20 bits per heavy atom. The monoisotopic (exact) mass is 343 g/mol. The minimum atomic E-state index is -0.207. The fourth-order valence-electron chi connectivity index (χ4n) is 3.15. The molecule has 0 radical (unpaired) electrons. The topological polar surface area (TPSA) is 68.5 Å². The number of aryl methyl sites for hydroxylation is 2. The van der Waals surface area contributed by atoms with Gasteiger partial charge < -0.3 is 14.2 Å². The zero-order valence-electron chi connectivity index (χ0n) is 15.3. The maximum atomic E-state index is 12.3. The average molecular weight is 343 g/mol. The van der Waals surface area contributed by atoms with E-state index in [-0.39, 0.29) is 17.9 Å². The summed E-state index contributed by atoms with van der Waals surface area (Å²) in [4.78, 5) is 18.9. The average Bonchev–Trinajstić information content (AvgIpc) is 3.02. The summed E-state index contributed by atoms with van der Waals surface area (Å²) in [6.07, 6.45) is 0.556. The van der Waals surface area contributed by atoms with Gasteiger partial charge in [0.05, 0.1) is 35.8 Å². The molecule has 134 valence electrons. The van der Waals surface area contributed by atoms with E-state index in [4.69, 9.17) is 14.2 Å². The number of rotatable bonds is 4. The normalized spacial score (nSPS) is 18.0. The van der Waals surface area contributed by atoms with Crippen molar-refractivity contribution in [2.24, 2.45) is 5.92 Å². The van der Waals surface area contributed by atoms with E-state index in [2.05, 4.69) is 5.16 Å². The van der Waals surface area contributed by atoms with Gasteiger partial charge in [0.2, 0.25) is 5.91 Å². The van der Waals surface area contributed by atoms with Crippen LogP contribution in [0.1, 0.15) is 44.0 Å². The van der Waals surface area contributed by atoms with E-state index < -0.39 is 0 Å². The van der Waals surface area contributed by atoms with Crippen molar-refractivity contribution in [1.82, 2.24) is 15.0 Å². The molecule has 2 aromatic rings. The molecule has 1 aliphatic heterocycles. The van der Waals surface area contributed by atoms with Crippen molar-refractivity contribution in [2.45, 2.75) is 40.2 Å². The summed E-state index contributed by atoms with van der Waals surface area (Å²) in [5.41, 5.74) is 3.46. The second-order valence-corrected chi connectivity index (χ2v) is 6.67. The summed E-state index contributed by atoms with van der Waals surface area (Å²) in [5, 5.41) is 4.06. The van der Waals surface area contributed by atoms with Gasteiger partial charge in [-0.05, 0) is 19.1 Å². The van der Waals surface area contributed by atoms with Crippen molar-refractivity contribution >= 4 is 5.91 Å². The van der Waals surface area contributed by atoms with Gasteiger partial charge in [0.15, 0.2) is 0 Å². The third kappa shape index (κ3) is 3.58. The zero-order chi connectivity index (χ0) is 18.0. The molecule has 0 aromatic carbocycles. The fourth-order valence-corrected chi connectivity index (χ4v) is 3.15. The number of amides is 1. The quantitative estimate of drug-likeness (QED) is 0.853. The number of hydrogen-bond acceptors (Lipinski definition) is 5. The van der Waals surface area contributed by atoms with Gasteiger partial charge in [0.1, 0.15) is 11.9 Å². The summed E-state index contributed by atoms with van der Waals surface area (Å²) in [6, 6.07) is 5.88. The first-order valence-electron chi connectivity index (χ1n) is 8.84. The number of pyridine rings is 1. The number of morpholine rings is 1. The Morgan fingerprint density at radius 3 is 2.92 bits per heavy atom. The van der Waals surface area contributed by atoms with Crippen LogP contribution in [0.4, 0.5) is 0 Å². The Labute approximate surface area is 148 Å². The van der Waals surface area contributed by atoms with Gasteiger partial charge in [-0.1, -0.05) is 32.0 Å². The van der Waals surface area contributed by atoms with Crippen LogP contribution in [0.15, 0.2) is 22.7 Å². The van der Waals surface area contributed by atoms with Crippen molar-refractivity contribution in [1.29, 1.82) is 0 Å². The first kappa shape index (κ1) is 17.6. The van der Waals surface area contributed by atoms with Crippen LogP contribution >= 0.6 is 0 Å². The largest absolute Gasteiger partial charge is 0.368 e. The van der Waals surface area contributed by atoms with E-state index in [1.54, 1.807) is 0 Å². The molecule has 0 aliphatic carbocycles. The van der Waals surface area contributed by atoms with Crippen LogP contribution in [-0.4, -0.2) is 40.6 Å². The van der Waals surface area contributed by atoms with Crippen LogP contribution in [0.5, 0.6) is 0 Å². The van der Waals surface area contributed by atoms with Gasteiger partial charge >= 0.3 is 0 Å². The van der Waals surface area contributed by atoms with E-state index >= 15 is 0 Å². The standard InChI is InChI=1S/C19H25N3O3/c1-5-16-18(13(4)21-25-16)15-8-6-7-14(20-15)17-11-22(9-10-24-17)19(23)12(2)3/h6-8,12,17H,5,9-11H2,1-4H3. The highest BCUT2D eigenvalue weighted by Gasteiger charge is 2.28. The van der Waals surface area contributed by atoms with Gasteiger partial charge in [-0.2, -0.15) is 0 Å². The second kappa shape index (κ2) is 7.35. The molecule has 1 unspecified atom stereocenters. The Balaban J connectivity index is 1.86. The van der Waals surface area contributed by atoms with Crippen molar-refractivity contribution in [3.8, 4) is 11.3 Å². The number of carbonyl (C=O) groups is 1. The van der Waals surface area contributed by atoms with Crippen LogP contribution < -0.4 is 0 Å². The van der Waals surface area contributed by atoms with Gasteiger partial charge in [0, 0.05) is 18.9 Å². The molecular weight excluding hydrogens is 318 g/mol. The molecule has 6 nitrogen and oxygen atoms in total. The minimum Gasteiger partial charge on any atom is -0.368 e. The first-order chi connectivity index (χ1) is 12.0. The molecule has 3 heterocycles. The highest BCUT2D eigenvalue weighted by atomic mass is 16.5. The van der Waals surface area contributed by atoms with Crippen molar-refractivity contribution < 1.29 is 14.1 Å². The van der Waals surface area contributed by atoms with Crippen LogP contribution in [0, 0.1) is 12.8 Å². The number of nitrogens with zero attached hydrogens (tertiary/aromatic N) is 3. The van der Waals surface area contributed by atoms with E-state index in [9.17, 15) is 4.79 Å². The molecule has 2 aromatic heterocycles. The van der Waals surface area contributed by atoms with Crippen LogP contribution in [0.3, 0.4) is 0 Å². The first-order valence-corrected chi connectivity index (χ1v) is 8.84. The fraction of sp³-hybridized carbons (Fsp3) is 0.526. The number of hydrogen-bond donors (Lipinski definition) is 0. The van der Waals surface area contributed by atoms with Crippen molar-refractivity contribution in [3.05, 3.63) is 35.3 Å². The van der Waals surface area contributed by atoms with E-state index in [0.29, 0.717) is 19.7 Å². The molecule has 25 heavy (non-hydrogen) atoms. The maximum absolute atomic E-state index is 12.3. The van der Waals surface area contributed by atoms with Gasteiger partial charge in [-0.3, -0.25) is 4.79 Å². The molecule has 1 amide bonds. The second-order valence-electron chi connectivity index (χ2n) is 6.67. The van der Waals surface area contributed by atoms with E-state index in [1.165, 1.54) is 0 Å². The molecule has 0 N–H and O–H groups in total.